The van der Waals surface area contributed by atoms with Crippen molar-refractivity contribution in [3.05, 3.63) is 41.9 Å². The average molecular weight is 401 g/mol. The van der Waals surface area contributed by atoms with Gasteiger partial charge in [0.05, 0.1) is 18.9 Å². The van der Waals surface area contributed by atoms with Gasteiger partial charge in [-0.1, -0.05) is 11.8 Å². The Morgan fingerprint density at radius 3 is 2.57 bits per heavy atom. The molecule has 0 fully saturated rings. The summed E-state index contributed by atoms with van der Waals surface area (Å²) in [5, 5.41) is 11.8. The number of aromatic nitrogens is 4. The minimum atomic E-state index is -0.0882. The van der Waals surface area contributed by atoms with E-state index in [-0.39, 0.29) is 11.7 Å². The van der Waals surface area contributed by atoms with Crippen molar-refractivity contribution in [1.29, 1.82) is 0 Å². The van der Waals surface area contributed by atoms with Gasteiger partial charge in [0.15, 0.2) is 10.8 Å². The van der Waals surface area contributed by atoms with Crippen LogP contribution in [-0.4, -0.2) is 51.0 Å². The van der Waals surface area contributed by atoms with Crippen LogP contribution >= 0.6 is 11.8 Å². The van der Waals surface area contributed by atoms with Gasteiger partial charge in [-0.2, -0.15) is 0 Å². The first-order chi connectivity index (χ1) is 13.6. The fourth-order valence-electron chi connectivity index (χ4n) is 2.64. The molecule has 1 amide bonds. The minimum absolute atomic E-state index is 0.0882. The van der Waals surface area contributed by atoms with Crippen LogP contribution in [0.3, 0.4) is 0 Å². The molecule has 28 heavy (non-hydrogen) atoms. The maximum Gasteiger partial charge on any atom is 0.230 e. The maximum absolute atomic E-state index is 12.1. The fraction of sp³-hybridized carbons (Fsp3) is 0.368. The normalized spacial score (nSPS) is 10.8. The fourth-order valence-corrected chi connectivity index (χ4v) is 3.45. The Hall–Kier alpha value is -2.81. The van der Waals surface area contributed by atoms with Gasteiger partial charge in [-0.15, -0.1) is 10.2 Å². The number of rotatable bonds is 9. The van der Waals surface area contributed by atoms with Crippen molar-refractivity contribution >= 4 is 23.3 Å². The highest BCUT2D eigenvalue weighted by Gasteiger charge is 2.12. The molecular weight excluding hydrogens is 378 g/mol. The Morgan fingerprint density at radius 1 is 1.14 bits per heavy atom. The van der Waals surface area contributed by atoms with E-state index >= 15 is 0 Å². The predicted octanol–water partition coefficient (Wildman–Crippen LogP) is 2.43. The highest BCUT2D eigenvalue weighted by Crippen LogP contribution is 2.19. The second kappa shape index (κ2) is 9.41. The van der Waals surface area contributed by atoms with E-state index in [9.17, 15) is 4.79 Å². The summed E-state index contributed by atoms with van der Waals surface area (Å²) in [6, 6.07) is 9.27. The van der Waals surface area contributed by atoms with Gasteiger partial charge in [-0.05, 0) is 45.0 Å². The van der Waals surface area contributed by atoms with E-state index in [0.717, 1.165) is 28.7 Å². The van der Waals surface area contributed by atoms with Crippen molar-refractivity contribution in [2.75, 3.05) is 25.5 Å². The quantitative estimate of drug-likeness (QED) is 0.435. The molecule has 0 aliphatic heterocycles. The largest absolute Gasteiger partial charge is 0.494 e. The number of benzene rings is 1. The van der Waals surface area contributed by atoms with Gasteiger partial charge in [0.1, 0.15) is 23.9 Å². The highest BCUT2D eigenvalue weighted by atomic mass is 32.2. The standard InChI is InChI=1S/C19H23N5O3S/c1-4-26-15-5-7-16(8-6-15)27-10-9-20-18(25)12-28-19-23-22-17-11-13(2)21-14(3)24(17)19/h5-8,11H,4,9-10,12H2,1-3H3,(H,20,25). The first-order valence-corrected chi connectivity index (χ1v) is 10.00. The van der Waals surface area contributed by atoms with Crippen molar-refractivity contribution in [1.82, 2.24) is 24.9 Å². The van der Waals surface area contributed by atoms with Crippen molar-refractivity contribution in [2.45, 2.75) is 25.9 Å². The van der Waals surface area contributed by atoms with Gasteiger partial charge in [-0.25, -0.2) is 4.98 Å². The second-order valence-electron chi connectivity index (χ2n) is 6.01. The first kappa shape index (κ1) is 19.9. The lowest BCUT2D eigenvalue weighted by molar-refractivity contribution is -0.118. The minimum Gasteiger partial charge on any atom is -0.494 e. The summed E-state index contributed by atoms with van der Waals surface area (Å²) < 4.78 is 12.8. The molecule has 0 bridgehead atoms. The van der Waals surface area contributed by atoms with Crippen LogP contribution in [0.25, 0.3) is 5.65 Å². The van der Waals surface area contributed by atoms with Gasteiger partial charge in [0.25, 0.3) is 0 Å². The van der Waals surface area contributed by atoms with E-state index in [2.05, 4.69) is 20.5 Å². The molecule has 0 radical (unpaired) electrons. The number of fused-ring (bicyclic) bond motifs is 1. The average Bonchev–Trinajstić information content (AvgIpc) is 3.08. The molecule has 1 aromatic carbocycles. The molecule has 0 saturated carbocycles. The lowest BCUT2D eigenvalue weighted by Gasteiger charge is -2.09. The van der Waals surface area contributed by atoms with E-state index in [0.29, 0.717) is 24.9 Å². The second-order valence-corrected chi connectivity index (χ2v) is 6.95. The molecule has 3 aromatic rings. The Kier molecular flexibility index (Phi) is 6.70. The van der Waals surface area contributed by atoms with Crippen LogP contribution in [0.15, 0.2) is 35.5 Å². The van der Waals surface area contributed by atoms with Gasteiger partial charge in [-0.3, -0.25) is 9.20 Å². The molecule has 148 valence electrons. The van der Waals surface area contributed by atoms with Gasteiger partial charge < -0.3 is 14.8 Å². The zero-order valence-corrected chi connectivity index (χ0v) is 17.0. The maximum atomic E-state index is 12.1. The molecule has 1 N–H and O–H groups in total. The lowest BCUT2D eigenvalue weighted by atomic mass is 10.3. The smallest absolute Gasteiger partial charge is 0.230 e. The lowest BCUT2D eigenvalue weighted by Crippen LogP contribution is -2.29. The molecule has 0 spiro atoms. The molecule has 9 heteroatoms. The zero-order valence-electron chi connectivity index (χ0n) is 16.1. The number of carbonyl (C=O) groups excluding carboxylic acids is 1. The van der Waals surface area contributed by atoms with Gasteiger partial charge >= 0.3 is 0 Å². The number of carbonyl (C=O) groups is 1. The van der Waals surface area contributed by atoms with Crippen LogP contribution in [0.1, 0.15) is 18.4 Å². The monoisotopic (exact) mass is 401 g/mol. The number of hydrogen-bond acceptors (Lipinski definition) is 7. The summed E-state index contributed by atoms with van der Waals surface area (Å²) >= 11 is 1.33. The summed E-state index contributed by atoms with van der Waals surface area (Å²) in [5.74, 6) is 2.50. The Morgan fingerprint density at radius 2 is 1.86 bits per heavy atom. The summed E-state index contributed by atoms with van der Waals surface area (Å²) in [5.41, 5.74) is 1.62. The Bertz CT molecular complexity index is 943. The molecule has 8 nitrogen and oxygen atoms in total. The van der Waals surface area contributed by atoms with Gasteiger partial charge in [0.2, 0.25) is 5.91 Å². The molecule has 3 rings (SSSR count). The van der Waals surface area contributed by atoms with E-state index < -0.39 is 0 Å². The Balaban J connectivity index is 1.41. The van der Waals surface area contributed by atoms with Crippen LogP contribution in [0.4, 0.5) is 0 Å². The molecule has 0 unspecified atom stereocenters. The molecule has 0 aliphatic rings. The van der Waals surface area contributed by atoms with Crippen molar-refractivity contribution in [3.8, 4) is 11.5 Å². The van der Waals surface area contributed by atoms with Crippen LogP contribution in [0.5, 0.6) is 11.5 Å². The number of hydrogen-bond donors (Lipinski definition) is 1. The molecule has 0 aliphatic carbocycles. The SMILES string of the molecule is CCOc1ccc(OCCNC(=O)CSc2nnc3cc(C)nc(C)n23)cc1. The number of nitrogens with zero attached hydrogens (tertiary/aromatic N) is 4. The number of thioether (sulfide) groups is 1. The highest BCUT2D eigenvalue weighted by molar-refractivity contribution is 7.99. The van der Waals surface area contributed by atoms with Crippen LogP contribution in [-0.2, 0) is 4.79 Å². The molecular formula is C19H23N5O3S. The summed E-state index contributed by atoms with van der Waals surface area (Å²) in [6.45, 7) is 7.19. The van der Waals surface area contributed by atoms with E-state index in [1.165, 1.54) is 11.8 Å². The van der Waals surface area contributed by atoms with Crippen molar-refractivity contribution in [2.24, 2.45) is 0 Å². The number of aryl methyl sites for hydroxylation is 2. The third-order valence-electron chi connectivity index (χ3n) is 3.82. The predicted molar refractivity (Wildman–Crippen MR) is 107 cm³/mol. The third kappa shape index (κ3) is 5.13. The van der Waals surface area contributed by atoms with E-state index in [1.807, 2.05) is 55.5 Å². The summed E-state index contributed by atoms with van der Waals surface area (Å²) in [6.07, 6.45) is 0. The van der Waals surface area contributed by atoms with Crippen LogP contribution < -0.4 is 14.8 Å². The molecule has 0 atom stereocenters. The van der Waals surface area contributed by atoms with Crippen LogP contribution in [0.2, 0.25) is 0 Å². The van der Waals surface area contributed by atoms with E-state index in [1.54, 1.807) is 0 Å². The van der Waals surface area contributed by atoms with Gasteiger partial charge in [0, 0.05) is 11.8 Å². The number of nitrogens with one attached hydrogen (secondary N) is 1. The first-order valence-electron chi connectivity index (χ1n) is 9.01. The summed E-state index contributed by atoms with van der Waals surface area (Å²) in [4.78, 5) is 16.5. The topological polar surface area (TPSA) is 90.6 Å². The van der Waals surface area contributed by atoms with E-state index in [4.69, 9.17) is 9.47 Å². The zero-order chi connectivity index (χ0) is 19.9. The summed E-state index contributed by atoms with van der Waals surface area (Å²) in [7, 11) is 0. The molecule has 0 saturated heterocycles. The molecule has 2 heterocycles. The van der Waals surface area contributed by atoms with Crippen molar-refractivity contribution < 1.29 is 14.3 Å². The number of ether oxygens (including phenoxy) is 2. The Labute approximate surface area is 167 Å². The van der Waals surface area contributed by atoms with Crippen LogP contribution in [0, 0.1) is 13.8 Å². The molecule has 2 aromatic heterocycles. The van der Waals surface area contributed by atoms with Crippen molar-refractivity contribution in [3.63, 3.8) is 0 Å². The third-order valence-corrected chi connectivity index (χ3v) is 4.75. The number of amides is 1.